The fourth-order valence-electron chi connectivity index (χ4n) is 2.14. The van der Waals surface area contributed by atoms with E-state index in [1.54, 1.807) is 31.2 Å². The third kappa shape index (κ3) is 6.26. The van der Waals surface area contributed by atoms with Crippen LogP contribution in [-0.2, 0) is 25.2 Å². The number of amides is 2. The number of anilines is 1. The van der Waals surface area contributed by atoms with Crippen LogP contribution < -0.4 is 5.32 Å². The van der Waals surface area contributed by atoms with E-state index in [-0.39, 0.29) is 18.1 Å². The average molecular weight is 444 g/mol. The number of hydrogen-bond donors (Lipinski definition) is 1. The predicted octanol–water partition coefficient (Wildman–Crippen LogP) is 1.76. The summed E-state index contributed by atoms with van der Waals surface area (Å²) >= 11 is 3.27. The summed E-state index contributed by atoms with van der Waals surface area (Å²) in [6, 6.07) is 8.38. The first-order chi connectivity index (χ1) is 12.1. The largest absolute Gasteiger partial charge is 0.360 e. The minimum Gasteiger partial charge on any atom is -0.360 e. The Bertz CT molecular complexity index is 910. The summed E-state index contributed by atoms with van der Waals surface area (Å²) in [5.41, 5.74) is 0.578. The Morgan fingerprint density at radius 2 is 2.04 bits per heavy atom. The van der Waals surface area contributed by atoms with Crippen LogP contribution in [-0.4, -0.2) is 49.6 Å². The topological polar surface area (TPSA) is 110 Å². The molecule has 8 nitrogen and oxygen atoms in total. The first kappa shape index (κ1) is 20.1. The Morgan fingerprint density at radius 3 is 2.65 bits per heavy atom. The van der Waals surface area contributed by atoms with Crippen LogP contribution in [0.2, 0.25) is 0 Å². The molecule has 0 aliphatic rings. The number of carbonyl (C=O) groups is 2. The lowest BCUT2D eigenvalue weighted by atomic mass is 10.2. The van der Waals surface area contributed by atoms with Gasteiger partial charge in [0.15, 0.2) is 15.7 Å². The number of halogens is 1. The number of hydrogen-bond acceptors (Lipinski definition) is 6. The van der Waals surface area contributed by atoms with Crippen molar-refractivity contribution >= 4 is 43.4 Å². The number of nitrogens with zero attached hydrogens (tertiary/aromatic N) is 2. The number of rotatable bonds is 7. The normalized spacial score (nSPS) is 11.2. The lowest BCUT2D eigenvalue weighted by molar-refractivity contribution is -0.131. The molecule has 2 rings (SSSR count). The fraction of sp³-hybridized carbons (Fsp3) is 0.312. The molecule has 1 heterocycles. The standard InChI is InChI=1S/C16H18BrN3O5S/c1-11-6-14(19-25-11)18-15(21)8-20(2)16(22)10-26(23,24)9-12-4-3-5-13(17)7-12/h3-7H,8-10H2,1-2H3,(H,18,19,21). The van der Waals surface area contributed by atoms with Gasteiger partial charge in [0.1, 0.15) is 11.5 Å². The summed E-state index contributed by atoms with van der Waals surface area (Å²) in [6.45, 7) is 1.38. The van der Waals surface area contributed by atoms with Gasteiger partial charge in [0.2, 0.25) is 11.8 Å². The van der Waals surface area contributed by atoms with Crippen molar-refractivity contribution in [3.63, 3.8) is 0 Å². The molecule has 0 unspecified atom stereocenters. The van der Waals surface area contributed by atoms with Crippen LogP contribution in [0.15, 0.2) is 39.3 Å². The fourth-order valence-corrected chi connectivity index (χ4v) is 3.97. The van der Waals surface area contributed by atoms with Gasteiger partial charge < -0.3 is 14.7 Å². The SMILES string of the molecule is Cc1cc(NC(=O)CN(C)C(=O)CS(=O)(=O)Cc2cccc(Br)c2)no1. The van der Waals surface area contributed by atoms with Gasteiger partial charge in [-0.05, 0) is 24.6 Å². The molecule has 26 heavy (non-hydrogen) atoms. The van der Waals surface area contributed by atoms with E-state index in [1.807, 2.05) is 0 Å². The molecule has 0 aliphatic heterocycles. The molecule has 2 amide bonds. The zero-order chi connectivity index (χ0) is 19.3. The second kappa shape index (κ2) is 8.45. The van der Waals surface area contributed by atoms with E-state index in [0.717, 1.165) is 9.37 Å². The number of benzene rings is 1. The van der Waals surface area contributed by atoms with Crippen LogP contribution in [0.1, 0.15) is 11.3 Å². The molecular formula is C16H18BrN3O5S. The summed E-state index contributed by atoms with van der Waals surface area (Å²) in [6.07, 6.45) is 0. The van der Waals surface area contributed by atoms with Crippen LogP contribution in [0.3, 0.4) is 0 Å². The van der Waals surface area contributed by atoms with Crippen molar-refractivity contribution in [3.8, 4) is 0 Å². The summed E-state index contributed by atoms with van der Waals surface area (Å²) in [5.74, 6) is -1.33. The van der Waals surface area contributed by atoms with Crippen molar-refractivity contribution in [3.05, 3.63) is 46.1 Å². The highest BCUT2D eigenvalue weighted by Crippen LogP contribution is 2.14. The molecule has 1 N–H and O–H groups in total. The van der Waals surface area contributed by atoms with E-state index < -0.39 is 27.4 Å². The van der Waals surface area contributed by atoms with Gasteiger partial charge in [0.25, 0.3) is 0 Å². The van der Waals surface area contributed by atoms with E-state index in [2.05, 4.69) is 26.4 Å². The van der Waals surface area contributed by atoms with Gasteiger partial charge >= 0.3 is 0 Å². The highest BCUT2D eigenvalue weighted by Gasteiger charge is 2.22. The molecule has 0 spiro atoms. The summed E-state index contributed by atoms with van der Waals surface area (Å²) in [4.78, 5) is 25.1. The quantitative estimate of drug-likeness (QED) is 0.697. The van der Waals surface area contributed by atoms with Crippen molar-refractivity contribution in [2.24, 2.45) is 0 Å². The van der Waals surface area contributed by atoms with Gasteiger partial charge in [0.05, 0.1) is 12.3 Å². The smallest absolute Gasteiger partial charge is 0.245 e. The third-order valence-corrected chi connectivity index (χ3v) is 5.27. The summed E-state index contributed by atoms with van der Waals surface area (Å²) in [5, 5.41) is 6.08. The number of aryl methyl sites for hydroxylation is 1. The molecule has 0 fully saturated rings. The van der Waals surface area contributed by atoms with Gasteiger partial charge in [-0.3, -0.25) is 9.59 Å². The van der Waals surface area contributed by atoms with Crippen molar-refractivity contribution in [1.29, 1.82) is 0 Å². The first-order valence-electron chi connectivity index (χ1n) is 7.56. The molecule has 10 heteroatoms. The Hall–Kier alpha value is -2.20. The van der Waals surface area contributed by atoms with Gasteiger partial charge in [-0.25, -0.2) is 8.42 Å². The molecule has 140 valence electrons. The van der Waals surface area contributed by atoms with E-state index in [9.17, 15) is 18.0 Å². The Kier molecular flexibility index (Phi) is 6.54. The van der Waals surface area contributed by atoms with E-state index >= 15 is 0 Å². The van der Waals surface area contributed by atoms with E-state index in [0.29, 0.717) is 11.3 Å². The molecule has 0 bridgehead atoms. The highest BCUT2D eigenvalue weighted by atomic mass is 79.9. The third-order valence-electron chi connectivity index (χ3n) is 3.32. The lowest BCUT2D eigenvalue weighted by Crippen LogP contribution is -2.38. The van der Waals surface area contributed by atoms with E-state index in [1.165, 1.54) is 13.1 Å². The first-order valence-corrected chi connectivity index (χ1v) is 10.2. The Balaban J connectivity index is 1.89. The highest BCUT2D eigenvalue weighted by molar-refractivity contribution is 9.10. The van der Waals surface area contributed by atoms with E-state index in [4.69, 9.17) is 4.52 Å². The molecule has 0 saturated carbocycles. The maximum absolute atomic E-state index is 12.2. The molecule has 0 atom stereocenters. The van der Waals surface area contributed by atoms with Crippen LogP contribution in [0.5, 0.6) is 0 Å². The number of likely N-dealkylation sites (N-methyl/N-ethyl adjacent to an activating group) is 1. The van der Waals surface area contributed by atoms with Crippen molar-refractivity contribution < 1.29 is 22.5 Å². The summed E-state index contributed by atoms with van der Waals surface area (Å²) < 4.78 is 30.0. The maximum atomic E-state index is 12.2. The van der Waals surface area contributed by atoms with Crippen LogP contribution >= 0.6 is 15.9 Å². The van der Waals surface area contributed by atoms with Crippen molar-refractivity contribution in [1.82, 2.24) is 10.1 Å². The molecule has 0 aliphatic carbocycles. The van der Waals surface area contributed by atoms with Crippen LogP contribution in [0, 0.1) is 6.92 Å². The number of aromatic nitrogens is 1. The average Bonchev–Trinajstić information content (AvgIpc) is 2.90. The lowest BCUT2D eigenvalue weighted by Gasteiger charge is -2.16. The predicted molar refractivity (Wildman–Crippen MR) is 99.1 cm³/mol. The van der Waals surface area contributed by atoms with Crippen molar-refractivity contribution in [2.45, 2.75) is 12.7 Å². The van der Waals surface area contributed by atoms with Crippen LogP contribution in [0.25, 0.3) is 0 Å². The minimum atomic E-state index is -3.66. The van der Waals surface area contributed by atoms with Gasteiger partial charge in [-0.2, -0.15) is 0 Å². The molecule has 2 aromatic rings. The minimum absolute atomic E-state index is 0.232. The number of carbonyl (C=O) groups excluding carboxylic acids is 2. The summed E-state index contributed by atoms with van der Waals surface area (Å²) in [7, 11) is -2.29. The number of sulfone groups is 1. The van der Waals surface area contributed by atoms with Gasteiger partial charge in [-0.15, -0.1) is 0 Å². The molecule has 1 aromatic heterocycles. The monoisotopic (exact) mass is 443 g/mol. The molecular weight excluding hydrogens is 426 g/mol. The second-order valence-electron chi connectivity index (χ2n) is 5.78. The van der Waals surface area contributed by atoms with Crippen molar-refractivity contribution in [2.75, 3.05) is 24.7 Å². The zero-order valence-electron chi connectivity index (χ0n) is 14.2. The maximum Gasteiger partial charge on any atom is 0.245 e. The second-order valence-corrected chi connectivity index (χ2v) is 8.76. The zero-order valence-corrected chi connectivity index (χ0v) is 16.6. The number of nitrogens with one attached hydrogen (secondary N) is 1. The molecule has 1 aromatic carbocycles. The Morgan fingerprint density at radius 1 is 1.31 bits per heavy atom. The Labute approximate surface area is 159 Å². The van der Waals surface area contributed by atoms with Gasteiger partial charge in [-0.1, -0.05) is 33.2 Å². The van der Waals surface area contributed by atoms with Crippen LogP contribution in [0.4, 0.5) is 5.82 Å². The molecule has 0 radical (unpaired) electrons. The molecule has 0 saturated heterocycles. The van der Waals surface area contributed by atoms with Gasteiger partial charge in [0, 0.05) is 17.6 Å².